The van der Waals surface area contributed by atoms with Gasteiger partial charge in [0.1, 0.15) is 5.75 Å². The van der Waals surface area contributed by atoms with Crippen molar-refractivity contribution < 1.29 is 9.84 Å². The zero-order valence-corrected chi connectivity index (χ0v) is 12.9. The molecule has 0 fully saturated rings. The fraction of sp³-hybridized carbons (Fsp3) is 0.250. The number of rotatable bonds is 5. The van der Waals surface area contributed by atoms with Crippen LogP contribution in [0.3, 0.4) is 0 Å². The summed E-state index contributed by atoms with van der Waals surface area (Å²) in [6.07, 6.45) is -0.649. The Morgan fingerprint density at radius 2 is 1.85 bits per heavy atom. The van der Waals surface area contributed by atoms with E-state index >= 15 is 0 Å². The summed E-state index contributed by atoms with van der Waals surface area (Å²) in [5, 5.41) is 10.6. The van der Waals surface area contributed by atoms with Crippen LogP contribution in [0.25, 0.3) is 0 Å². The third-order valence-electron chi connectivity index (χ3n) is 3.38. The first-order valence-electron chi connectivity index (χ1n) is 6.44. The summed E-state index contributed by atoms with van der Waals surface area (Å²) in [7, 11) is 1.61. The first kappa shape index (κ1) is 15.0. The summed E-state index contributed by atoms with van der Waals surface area (Å²) >= 11 is 3.44. The van der Waals surface area contributed by atoms with E-state index in [0.29, 0.717) is 6.54 Å². The summed E-state index contributed by atoms with van der Waals surface area (Å²) in [4.78, 5) is 0. The second-order valence-corrected chi connectivity index (χ2v) is 5.45. The lowest BCUT2D eigenvalue weighted by Crippen LogP contribution is -2.20. The van der Waals surface area contributed by atoms with E-state index in [2.05, 4.69) is 15.9 Å². The van der Waals surface area contributed by atoms with Gasteiger partial charge < -0.3 is 15.6 Å². The zero-order chi connectivity index (χ0) is 14.5. The number of aliphatic hydroxyl groups excluding tert-OH is 1. The average molecular weight is 336 g/mol. The molecule has 3 N–H and O–H groups in total. The molecule has 2 aromatic carbocycles. The van der Waals surface area contributed by atoms with E-state index in [4.69, 9.17) is 10.5 Å². The van der Waals surface area contributed by atoms with Gasteiger partial charge in [0.05, 0.1) is 17.7 Å². The molecule has 0 aromatic heterocycles. The second kappa shape index (κ2) is 6.88. The third kappa shape index (κ3) is 3.20. The molecule has 0 amide bonds. The van der Waals surface area contributed by atoms with E-state index in [9.17, 15) is 5.11 Å². The molecule has 0 aliphatic rings. The second-order valence-electron chi connectivity index (χ2n) is 4.59. The highest BCUT2D eigenvalue weighted by molar-refractivity contribution is 9.10. The zero-order valence-electron chi connectivity index (χ0n) is 11.3. The maximum absolute atomic E-state index is 10.6. The Morgan fingerprint density at radius 3 is 2.40 bits per heavy atom. The van der Waals surface area contributed by atoms with Gasteiger partial charge in [0.15, 0.2) is 0 Å². The lowest BCUT2D eigenvalue weighted by molar-refractivity contribution is 0.147. The Labute approximate surface area is 127 Å². The fourth-order valence-corrected chi connectivity index (χ4v) is 2.80. The first-order valence-corrected chi connectivity index (χ1v) is 7.23. The van der Waals surface area contributed by atoms with Crippen molar-refractivity contribution in [3.8, 4) is 5.75 Å². The number of hydrogen-bond acceptors (Lipinski definition) is 3. The summed E-state index contributed by atoms with van der Waals surface area (Å²) in [6.45, 7) is 0.384. The Morgan fingerprint density at radius 1 is 1.15 bits per heavy atom. The highest BCUT2D eigenvalue weighted by Gasteiger charge is 2.22. The number of methoxy groups -OCH3 is 1. The molecule has 2 unspecified atom stereocenters. The highest BCUT2D eigenvalue weighted by atomic mass is 79.9. The molecule has 0 heterocycles. The lowest BCUT2D eigenvalue weighted by Gasteiger charge is -2.22. The van der Waals surface area contributed by atoms with Gasteiger partial charge in [-0.15, -0.1) is 0 Å². The van der Waals surface area contributed by atoms with Crippen LogP contribution in [0.2, 0.25) is 0 Å². The molecule has 2 atom stereocenters. The SMILES string of the molecule is COc1ccc(C(O)C(CN)c2ccccc2)cc1Br. The van der Waals surface area contributed by atoms with Crippen LogP contribution < -0.4 is 10.5 Å². The van der Waals surface area contributed by atoms with Crippen LogP contribution in [0.4, 0.5) is 0 Å². The van der Waals surface area contributed by atoms with Crippen molar-refractivity contribution in [3.63, 3.8) is 0 Å². The van der Waals surface area contributed by atoms with Crippen LogP contribution >= 0.6 is 15.9 Å². The largest absolute Gasteiger partial charge is 0.496 e. The van der Waals surface area contributed by atoms with Gasteiger partial charge in [-0.2, -0.15) is 0 Å². The molecule has 0 radical (unpaired) electrons. The van der Waals surface area contributed by atoms with Gasteiger partial charge >= 0.3 is 0 Å². The maximum Gasteiger partial charge on any atom is 0.133 e. The topological polar surface area (TPSA) is 55.5 Å². The molecule has 0 spiro atoms. The summed E-state index contributed by atoms with van der Waals surface area (Å²) < 4.78 is 6.02. The number of halogens is 1. The standard InChI is InChI=1S/C16H18BrNO2/c1-20-15-8-7-12(9-14(15)17)16(19)13(10-18)11-5-3-2-4-6-11/h2-9,13,16,19H,10,18H2,1H3. The van der Waals surface area contributed by atoms with Gasteiger partial charge in [-0.25, -0.2) is 0 Å². The van der Waals surface area contributed by atoms with E-state index < -0.39 is 6.10 Å². The average Bonchev–Trinajstić information content (AvgIpc) is 2.49. The van der Waals surface area contributed by atoms with Crippen LogP contribution in [0.5, 0.6) is 5.75 Å². The Hall–Kier alpha value is -1.36. The van der Waals surface area contributed by atoms with Gasteiger partial charge in [-0.05, 0) is 39.2 Å². The molecule has 2 aromatic rings. The molecule has 106 valence electrons. The monoisotopic (exact) mass is 335 g/mol. The predicted octanol–water partition coefficient (Wildman–Crippen LogP) is 3.23. The molecule has 0 saturated heterocycles. The van der Waals surface area contributed by atoms with Crippen molar-refractivity contribution in [2.75, 3.05) is 13.7 Å². The van der Waals surface area contributed by atoms with Crippen molar-refractivity contribution in [2.45, 2.75) is 12.0 Å². The highest BCUT2D eigenvalue weighted by Crippen LogP contribution is 2.34. The van der Waals surface area contributed by atoms with Crippen molar-refractivity contribution in [1.29, 1.82) is 0 Å². The molecule has 2 rings (SSSR count). The lowest BCUT2D eigenvalue weighted by atomic mass is 9.89. The van der Waals surface area contributed by atoms with Crippen LogP contribution in [0.15, 0.2) is 53.0 Å². The van der Waals surface area contributed by atoms with Crippen LogP contribution in [-0.4, -0.2) is 18.8 Å². The number of hydrogen-bond donors (Lipinski definition) is 2. The van der Waals surface area contributed by atoms with Gasteiger partial charge in [0, 0.05) is 12.5 Å². The molecule has 4 heteroatoms. The van der Waals surface area contributed by atoms with E-state index in [1.165, 1.54) is 0 Å². The number of benzene rings is 2. The molecule has 0 bridgehead atoms. The van der Waals surface area contributed by atoms with Crippen molar-refractivity contribution >= 4 is 15.9 Å². The molecule has 3 nitrogen and oxygen atoms in total. The fourth-order valence-electron chi connectivity index (χ4n) is 2.25. The van der Waals surface area contributed by atoms with E-state index in [1.54, 1.807) is 7.11 Å². The van der Waals surface area contributed by atoms with Gasteiger partial charge in [-0.3, -0.25) is 0 Å². The minimum absolute atomic E-state index is 0.128. The van der Waals surface area contributed by atoms with Crippen LogP contribution in [0.1, 0.15) is 23.1 Å². The quantitative estimate of drug-likeness (QED) is 0.881. The molecule has 0 aliphatic carbocycles. The van der Waals surface area contributed by atoms with Crippen LogP contribution in [-0.2, 0) is 0 Å². The Balaban J connectivity index is 2.29. The molecule has 0 saturated carbocycles. The van der Waals surface area contributed by atoms with E-state index in [0.717, 1.165) is 21.3 Å². The minimum atomic E-state index is -0.649. The van der Waals surface area contributed by atoms with Gasteiger partial charge in [-0.1, -0.05) is 36.4 Å². The number of ether oxygens (including phenoxy) is 1. The van der Waals surface area contributed by atoms with Gasteiger partial charge in [0.25, 0.3) is 0 Å². The molecule has 0 aliphatic heterocycles. The van der Waals surface area contributed by atoms with E-state index in [-0.39, 0.29) is 5.92 Å². The first-order chi connectivity index (χ1) is 9.67. The van der Waals surface area contributed by atoms with Crippen molar-refractivity contribution in [3.05, 3.63) is 64.1 Å². The number of nitrogens with two attached hydrogens (primary N) is 1. The number of aliphatic hydroxyl groups is 1. The Kier molecular flexibility index (Phi) is 5.17. The minimum Gasteiger partial charge on any atom is -0.496 e. The molecule has 20 heavy (non-hydrogen) atoms. The smallest absolute Gasteiger partial charge is 0.133 e. The normalized spacial score (nSPS) is 13.8. The summed E-state index contributed by atoms with van der Waals surface area (Å²) in [5.41, 5.74) is 7.69. The summed E-state index contributed by atoms with van der Waals surface area (Å²) in [5.74, 6) is 0.612. The van der Waals surface area contributed by atoms with Crippen molar-refractivity contribution in [2.24, 2.45) is 5.73 Å². The summed E-state index contributed by atoms with van der Waals surface area (Å²) in [6, 6.07) is 15.4. The molecular weight excluding hydrogens is 318 g/mol. The van der Waals surface area contributed by atoms with Gasteiger partial charge in [0.2, 0.25) is 0 Å². The predicted molar refractivity (Wildman–Crippen MR) is 83.9 cm³/mol. The van der Waals surface area contributed by atoms with Crippen molar-refractivity contribution in [1.82, 2.24) is 0 Å². The maximum atomic E-state index is 10.6. The third-order valence-corrected chi connectivity index (χ3v) is 4.00. The Bertz CT molecular complexity index is 560. The van der Waals surface area contributed by atoms with Crippen LogP contribution in [0, 0.1) is 0 Å². The van der Waals surface area contributed by atoms with E-state index in [1.807, 2.05) is 48.5 Å². The molecular formula is C16H18BrNO2.